The third-order valence-corrected chi connectivity index (χ3v) is 4.85. The van der Waals surface area contributed by atoms with Crippen LogP contribution in [0.4, 0.5) is 4.39 Å². The zero-order valence-corrected chi connectivity index (χ0v) is 14.9. The normalized spacial score (nSPS) is 15.8. The van der Waals surface area contributed by atoms with Crippen molar-refractivity contribution in [1.82, 2.24) is 19.7 Å². The van der Waals surface area contributed by atoms with E-state index < -0.39 is 0 Å². The summed E-state index contributed by atoms with van der Waals surface area (Å²) in [6.07, 6.45) is 4.88. The minimum absolute atomic E-state index is 0.0444. The summed E-state index contributed by atoms with van der Waals surface area (Å²) < 4.78 is 15.8. The molecule has 1 aliphatic rings. The highest BCUT2D eigenvalue weighted by molar-refractivity contribution is 7.71. The van der Waals surface area contributed by atoms with E-state index >= 15 is 0 Å². The molecule has 0 saturated carbocycles. The standard InChI is InChI=1S/C18H21FN4OS/c1-2-23-17(20-21-18(23)25)14-8-10-22(11-9-14)16(24)7-6-13-4-3-5-15(19)12-13/h3-7,12,14H,2,8-11H2,1H3,(H,21,25)/b7-6+. The first-order valence-corrected chi connectivity index (χ1v) is 8.87. The van der Waals surface area contributed by atoms with Gasteiger partial charge in [-0.3, -0.25) is 9.89 Å². The van der Waals surface area contributed by atoms with Crippen LogP contribution >= 0.6 is 12.2 Å². The number of aromatic nitrogens is 3. The Labute approximate surface area is 151 Å². The van der Waals surface area contributed by atoms with E-state index in [2.05, 4.69) is 10.2 Å². The van der Waals surface area contributed by atoms with Gasteiger partial charge < -0.3 is 9.47 Å². The summed E-state index contributed by atoms with van der Waals surface area (Å²) in [5.74, 6) is 0.941. The number of nitrogens with one attached hydrogen (secondary N) is 1. The van der Waals surface area contributed by atoms with Gasteiger partial charge in [0.1, 0.15) is 11.6 Å². The number of carbonyl (C=O) groups is 1. The van der Waals surface area contributed by atoms with Crippen molar-refractivity contribution in [3.05, 3.63) is 52.3 Å². The quantitative estimate of drug-likeness (QED) is 0.670. The fourth-order valence-corrected chi connectivity index (χ4v) is 3.46. The maximum atomic E-state index is 13.2. The first kappa shape index (κ1) is 17.5. The van der Waals surface area contributed by atoms with Crippen LogP contribution in [0.1, 0.15) is 37.1 Å². The molecule has 2 aromatic rings. The number of halogens is 1. The minimum Gasteiger partial charge on any atom is -0.339 e. The van der Waals surface area contributed by atoms with E-state index in [1.54, 1.807) is 18.2 Å². The van der Waals surface area contributed by atoms with Crippen molar-refractivity contribution in [3.63, 3.8) is 0 Å². The number of carbonyl (C=O) groups excluding carboxylic acids is 1. The number of hydrogen-bond acceptors (Lipinski definition) is 3. The molecule has 1 N–H and O–H groups in total. The third kappa shape index (κ3) is 4.04. The Kier molecular flexibility index (Phi) is 5.43. The van der Waals surface area contributed by atoms with Gasteiger partial charge in [-0.05, 0) is 55.8 Å². The molecule has 0 aliphatic carbocycles. The van der Waals surface area contributed by atoms with E-state index in [1.165, 1.54) is 18.2 Å². The number of rotatable bonds is 4. The van der Waals surface area contributed by atoms with Gasteiger partial charge in [0.15, 0.2) is 4.77 Å². The van der Waals surface area contributed by atoms with Crippen molar-refractivity contribution in [2.45, 2.75) is 32.2 Å². The number of hydrogen-bond donors (Lipinski definition) is 1. The van der Waals surface area contributed by atoms with Crippen molar-refractivity contribution >= 4 is 24.2 Å². The van der Waals surface area contributed by atoms with Gasteiger partial charge >= 0.3 is 0 Å². The van der Waals surface area contributed by atoms with Crippen LogP contribution in [0.3, 0.4) is 0 Å². The van der Waals surface area contributed by atoms with Crippen molar-refractivity contribution in [2.24, 2.45) is 0 Å². The molecule has 25 heavy (non-hydrogen) atoms. The number of nitrogens with zero attached hydrogens (tertiary/aromatic N) is 3. The van der Waals surface area contributed by atoms with Gasteiger partial charge in [0.05, 0.1) is 0 Å². The fourth-order valence-electron chi connectivity index (χ4n) is 3.19. The summed E-state index contributed by atoms with van der Waals surface area (Å²) in [4.78, 5) is 14.2. The molecule has 1 aromatic heterocycles. The smallest absolute Gasteiger partial charge is 0.246 e. The molecule has 3 rings (SSSR count). The molecule has 1 saturated heterocycles. The lowest BCUT2D eigenvalue weighted by Crippen LogP contribution is -2.37. The van der Waals surface area contributed by atoms with Crippen LogP contribution in [0.15, 0.2) is 30.3 Å². The Bertz CT molecular complexity index is 834. The van der Waals surface area contributed by atoms with Gasteiger partial charge in [-0.2, -0.15) is 5.10 Å². The van der Waals surface area contributed by atoms with Crippen molar-refractivity contribution in [2.75, 3.05) is 13.1 Å². The van der Waals surface area contributed by atoms with Crippen LogP contribution in [0.2, 0.25) is 0 Å². The van der Waals surface area contributed by atoms with Gasteiger partial charge in [-0.25, -0.2) is 4.39 Å². The van der Waals surface area contributed by atoms with Crippen LogP contribution in [0.25, 0.3) is 6.08 Å². The average molecular weight is 360 g/mol. The molecule has 0 radical (unpaired) electrons. The summed E-state index contributed by atoms with van der Waals surface area (Å²) in [5, 5.41) is 7.21. The summed E-state index contributed by atoms with van der Waals surface area (Å²) in [6, 6.07) is 6.19. The third-order valence-electron chi connectivity index (χ3n) is 4.54. The Morgan fingerprint density at radius 3 is 2.88 bits per heavy atom. The van der Waals surface area contributed by atoms with Crippen LogP contribution in [0, 0.1) is 10.6 Å². The molecule has 1 fully saturated rings. The van der Waals surface area contributed by atoms with Crippen molar-refractivity contribution in [1.29, 1.82) is 0 Å². The van der Waals surface area contributed by atoms with E-state index in [-0.39, 0.29) is 11.7 Å². The molecule has 132 valence electrons. The Morgan fingerprint density at radius 2 is 2.20 bits per heavy atom. The number of benzene rings is 1. The van der Waals surface area contributed by atoms with E-state index in [1.807, 2.05) is 16.4 Å². The summed E-state index contributed by atoms with van der Waals surface area (Å²) >= 11 is 5.24. The van der Waals surface area contributed by atoms with Gasteiger partial charge in [0.2, 0.25) is 5.91 Å². The predicted octanol–water partition coefficient (Wildman–Crippen LogP) is 3.52. The highest BCUT2D eigenvalue weighted by Gasteiger charge is 2.26. The van der Waals surface area contributed by atoms with E-state index in [0.717, 1.165) is 25.2 Å². The molecule has 0 unspecified atom stereocenters. The maximum absolute atomic E-state index is 13.2. The number of piperidine rings is 1. The topological polar surface area (TPSA) is 53.9 Å². The fraction of sp³-hybridized carbons (Fsp3) is 0.389. The van der Waals surface area contributed by atoms with Gasteiger partial charge in [-0.1, -0.05) is 12.1 Å². The largest absolute Gasteiger partial charge is 0.339 e. The van der Waals surface area contributed by atoms with Crippen LogP contribution < -0.4 is 0 Å². The van der Waals surface area contributed by atoms with Crippen molar-refractivity contribution < 1.29 is 9.18 Å². The molecule has 7 heteroatoms. The minimum atomic E-state index is -0.306. The van der Waals surface area contributed by atoms with Crippen molar-refractivity contribution in [3.8, 4) is 0 Å². The molecule has 1 amide bonds. The number of aromatic amines is 1. The first-order chi connectivity index (χ1) is 12.1. The predicted molar refractivity (Wildman–Crippen MR) is 97.1 cm³/mol. The molecule has 0 bridgehead atoms. The SMILES string of the molecule is CCn1c(C2CCN(C(=O)/C=C/c3cccc(F)c3)CC2)n[nH]c1=S. The molecule has 1 aliphatic heterocycles. The highest BCUT2D eigenvalue weighted by atomic mass is 32.1. The molecule has 5 nitrogen and oxygen atoms in total. The van der Waals surface area contributed by atoms with E-state index in [0.29, 0.717) is 29.3 Å². The van der Waals surface area contributed by atoms with Crippen LogP contribution in [-0.2, 0) is 11.3 Å². The lowest BCUT2D eigenvalue weighted by molar-refractivity contribution is -0.127. The lowest BCUT2D eigenvalue weighted by Gasteiger charge is -2.31. The number of likely N-dealkylation sites (tertiary alicyclic amines) is 1. The zero-order valence-electron chi connectivity index (χ0n) is 14.1. The summed E-state index contributed by atoms with van der Waals surface area (Å²) in [6.45, 7) is 4.20. The molecule has 0 atom stereocenters. The zero-order chi connectivity index (χ0) is 17.8. The Balaban J connectivity index is 1.60. The van der Waals surface area contributed by atoms with Gasteiger partial charge in [-0.15, -0.1) is 0 Å². The van der Waals surface area contributed by atoms with Crippen LogP contribution in [-0.4, -0.2) is 38.7 Å². The van der Waals surface area contributed by atoms with E-state index in [9.17, 15) is 9.18 Å². The second kappa shape index (κ2) is 7.74. The van der Waals surface area contributed by atoms with Gasteiger partial charge in [0.25, 0.3) is 0 Å². The highest BCUT2D eigenvalue weighted by Crippen LogP contribution is 2.27. The Hall–Kier alpha value is -2.28. The van der Waals surface area contributed by atoms with Crippen LogP contribution in [0.5, 0.6) is 0 Å². The first-order valence-electron chi connectivity index (χ1n) is 8.46. The molecule has 0 spiro atoms. The number of H-pyrrole nitrogens is 1. The number of amides is 1. The lowest BCUT2D eigenvalue weighted by atomic mass is 9.96. The monoisotopic (exact) mass is 360 g/mol. The second-order valence-electron chi connectivity index (χ2n) is 6.12. The van der Waals surface area contributed by atoms with E-state index in [4.69, 9.17) is 12.2 Å². The summed E-state index contributed by atoms with van der Waals surface area (Å²) in [7, 11) is 0. The molecule has 1 aromatic carbocycles. The maximum Gasteiger partial charge on any atom is 0.246 e. The molecule has 2 heterocycles. The second-order valence-corrected chi connectivity index (χ2v) is 6.51. The molecular weight excluding hydrogens is 339 g/mol. The Morgan fingerprint density at radius 1 is 1.44 bits per heavy atom. The average Bonchev–Trinajstić information content (AvgIpc) is 3.00. The molecular formula is C18H21FN4OS. The summed E-state index contributed by atoms with van der Waals surface area (Å²) in [5.41, 5.74) is 0.682. The van der Waals surface area contributed by atoms with Gasteiger partial charge in [0, 0.05) is 31.6 Å².